The van der Waals surface area contributed by atoms with Crippen LogP contribution in [0.4, 0.5) is 0 Å². The smallest absolute Gasteiger partial charge is 0.235 e. The van der Waals surface area contributed by atoms with Gasteiger partial charge in [-0.3, -0.25) is 4.79 Å². The van der Waals surface area contributed by atoms with E-state index in [9.17, 15) is 4.79 Å². The number of amides is 1. The molecule has 90 valence electrons. The molecule has 0 spiro atoms. The summed E-state index contributed by atoms with van der Waals surface area (Å²) >= 11 is 5.08. The predicted molar refractivity (Wildman–Crippen MR) is 68.0 cm³/mol. The number of piperidine rings is 1. The fourth-order valence-electron chi connectivity index (χ4n) is 2.61. The van der Waals surface area contributed by atoms with Gasteiger partial charge in [0.05, 0.1) is 10.4 Å². The van der Waals surface area contributed by atoms with E-state index in [0.29, 0.717) is 4.99 Å². The Morgan fingerprint density at radius 3 is 2.31 bits per heavy atom. The lowest BCUT2D eigenvalue weighted by Crippen LogP contribution is -2.55. The number of rotatable bonds is 2. The van der Waals surface area contributed by atoms with Gasteiger partial charge in [0.15, 0.2) is 0 Å². The number of nitrogens with zero attached hydrogens (tertiary/aromatic N) is 1. The van der Waals surface area contributed by atoms with E-state index in [2.05, 4.69) is 6.92 Å². The van der Waals surface area contributed by atoms with Crippen LogP contribution in [0, 0.1) is 11.3 Å². The summed E-state index contributed by atoms with van der Waals surface area (Å²) in [4.78, 5) is 14.8. The van der Waals surface area contributed by atoms with Crippen LogP contribution in [-0.2, 0) is 4.79 Å². The lowest BCUT2D eigenvalue weighted by molar-refractivity contribution is -0.143. The van der Waals surface area contributed by atoms with Gasteiger partial charge in [-0.15, -0.1) is 0 Å². The zero-order valence-corrected chi connectivity index (χ0v) is 10.7. The van der Waals surface area contributed by atoms with Gasteiger partial charge in [-0.05, 0) is 31.6 Å². The molecule has 0 aromatic rings. The van der Waals surface area contributed by atoms with Gasteiger partial charge in [0.1, 0.15) is 0 Å². The quantitative estimate of drug-likeness (QED) is 0.747. The molecule has 0 radical (unpaired) electrons. The summed E-state index contributed by atoms with van der Waals surface area (Å²) < 4.78 is 0. The SMILES string of the molecule is CC1CCN(C(=O)C2(C(N)=S)CCC2)CC1. The highest BCUT2D eigenvalue weighted by Crippen LogP contribution is 2.43. The molecule has 1 heterocycles. The maximum absolute atomic E-state index is 12.4. The van der Waals surface area contributed by atoms with Crippen LogP contribution in [0.5, 0.6) is 0 Å². The average molecular weight is 240 g/mol. The molecule has 16 heavy (non-hydrogen) atoms. The standard InChI is InChI=1S/C12H20N2OS/c1-9-3-7-14(8-4-9)11(15)12(10(13)16)5-2-6-12/h9H,2-8H2,1H3,(H2,13,16). The lowest BCUT2D eigenvalue weighted by atomic mass is 9.67. The Balaban J connectivity index is 2.04. The van der Waals surface area contributed by atoms with Crippen molar-refractivity contribution >= 4 is 23.1 Å². The van der Waals surface area contributed by atoms with E-state index in [-0.39, 0.29) is 5.91 Å². The Morgan fingerprint density at radius 2 is 1.94 bits per heavy atom. The number of likely N-dealkylation sites (tertiary alicyclic amines) is 1. The molecule has 2 rings (SSSR count). The number of thiocarbonyl (C=S) groups is 1. The number of carbonyl (C=O) groups excluding carboxylic acids is 1. The molecule has 0 bridgehead atoms. The van der Waals surface area contributed by atoms with Crippen molar-refractivity contribution in [3.63, 3.8) is 0 Å². The van der Waals surface area contributed by atoms with Crippen LogP contribution in [0.25, 0.3) is 0 Å². The summed E-state index contributed by atoms with van der Waals surface area (Å²) in [5.41, 5.74) is 5.28. The highest BCUT2D eigenvalue weighted by atomic mass is 32.1. The molecule has 0 aromatic heterocycles. The summed E-state index contributed by atoms with van der Waals surface area (Å²) in [6.07, 6.45) is 5.01. The molecule has 1 saturated heterocycles. The van der Waals surface area contributed by atoms with Crippen molar-refractivity contribution in [2.24, 2.45) is 17.1 Å². The van der Waals surface area contributed by atoms with E-state index in [1.54, 1.807) is 0 Å². The van der Waals surface area contributed by atoms with Gasteiger partial charge >= 0.3 is 0 Å². The minimum atomic E-state index is -0.476. The van der Waals surface area contributed by atoms with Gasteiger partial charge in [-0.2, -0.15) is 0 Å². The minimum absolute atomic E-state index is 0.193. The highest BCUT2D eigenvalue weighted by Gasteiger charge is 2.49. The number of hydrogen-bond acceptors (Lipinski definition) is 2. The topological polar surface area (TPSA) is 46.3 Å². The van der Waals surface area contributed by atoms with Crippen molar-refractivity contribution in [2.75, 3.05) is 13.1 Å². The Hall–Kier alpha value is -0.640. The van der Waals surface area contributed by atoms with Crippen molar-refractivity contribution < 1.29 is 4.79 Å². The maximum Gasteiger partial charge on any atom is 0.235 e. The third-order valence-corrected chi connectivity index (χ3v) is 4.55. The summed E-state index contributed by atoms with van der Waals surface area (Å²) in [6.45, 7) is 4.00. The first-order chi connectivity index (χ1) is 7.56. The zero-order chi connectivity index (χ0) is 11.8. The Morgan fingerprint density at radius 1 is 1.38 bits per heavy atom. The van der Waals surface area contributed by atoms with Gasteiger partial charge in [-0.25, -0.2) is 0 Å². The first kappa shape index (κ1) is 11.8. The molecule has 2 aliphatic rings. The fraction of sp³-hybridized carbons (Fsp3) is 0.833. The van der Waals surface area contributed by atoms with Crippen molar-refractivity contribution in [1.29, 1.82) is 0 Å². The van der Waals surface area contributed by atoms with Crippen LogP contribution in [-0.4, -0.2) is 28.9 Å². The van der Waals surface area contributed by atoms with Crippen molar-refractivity contribution in [3.05, 3.63) is 0 Å². The van der Waals surface area contributed by atoms with Crippen LogP contribution in [0.1, 0.15) is 39.0 Å². The van der Waals surface area contributed by atoms with Crippen molar-refractivity contribution in [3.8, 4) is 0 Å². The number of hydrogen-bond donors (Lipinski definition) is 1. The summed E-state index contributed by atoms with van der Waals surface area (Å²) in [5.74, 6) is 0.935. The molecule has 1 aliphatic heterocycles. The molecule has 2 fully saturated rings. The molecular formula is C12H20N2OS. The largest absolute Gasteiger partial charge is 0.392 e. The van der Waals surface area contributed by atoms with Crippen LogP contribution in [0.15, 0.2) is 0 Å². The third kappa shape index (κ3) is 1.83. The van der Waals surface area contributed by atoms with Gasteiger partial charge in [0, 0.05) is 13.1 Å². The number of nitrogens with two attached hydrogens (primary N) is 1. The van der Waals surface area contributed by atoms with Crippen molar-refractivity contribution in [1.82, 2.24) is 4.90 Å². The molecule has 0 aromatic carbocycles. The number of carbonyl (C=O) groups is 1. The Labute approximate surface area is 102 Å². The molecular weight excluding hydrogens is 220 g/mol. The van der Waals surface area contributed by atoms with Crippen LogP contribution < -0.4 is 5.73 Å². The van der Waals surface area contributed by atoms with E-state index in [1.165, 1.54) is 0 Å². The van der Waals surface area contributed by atoms with Crippen molar-refractivity contribution in [2.45, 2.75) is 39.0 Å². The zero-order valence-electron chi connectivity index (χ0n) is 9.87. The van der Waals surface area contributed by atoms with Gasteiger partial charge < -0.3 is 10.6 Å². The molecule has 1 saturated carbocycles. The molecule has 0 unspecified atom stereocenters. The fourth-order valence-corrected chi connectivity index (χ4v) is 2.90. The second-order valence-corrected chi connectivity index (χ2v) is 5.71. The second kappa shape index (κ2) is 4.32. The first-order valence-electron chi connectivity index (χ1n) is 6.15. The van der Waals surface area contributed by atoms with Crippen LogP contribution in [0.3, 0.4) is 0 Å². The summed E-state index contributed by atoms with van der Waals surface area (Å²) in [7, 11) is 0. The lowest BCUT2D eigenvalue weighted by Gasteiger charge is -2.44. The van der Waals surface area contributed by atoms with Gasteiger partial charge in [0.2, 0.25) is 5.91 Å². The van der Waals surface area contributed by atoms with Crippen LogP contribution in [0.2, 0.25) is 0 Å². The molecule has 2 N–H and O–H groups in total. The summed E-state index contributed by atoms with van der Waals surface area (Å²) in [5, 5.41) is 0. The highest BCUT2D eigenvalue weighted by molar-refractivity contribution is 7.80. The van der Waals surface area contributed by atoms with Crippen LogP contribution >= 0.6 is 12.2 Å². The van der Waals surface area contributed by atoms with Gasteiger partial charge in [0.25, 0.3) is 0 Å². The molecule has 1 aliphatic carbocycles. The van der Waals surface area contributed by atoms with E-state index in [0.717, 1.165) is 51.1 Å². The predicted octanol–water partition coefficient (Wildman–Crippen LogP) is 1.70. The minimum Gasteiger partial charge on any atom is -0.392 e. The van der Waals surface area contributed by atoms with E-state index in [1.807, 2.05) is 4.90 Å². The Bertz CT molecular complexity index is 304. The van der Waals surface area contributed by atoms with E-state index >= 15 is 0 Å². The van der Waals surface area contributed by atoms with E-state index in [4.69, 9.17) is 18.0 Å². The Kier molecular flexibility index (Phi) is 3.19. The average Bonchev–Trinajstić information content (AvgIpc) is 2.16. The monoisotopic (exact) mass is 240 g/mol. The van der Waals surface area contributed by atoms with Gasteiger partial charge in [-0.1, -0.05) is 25.6 Å². The molecule has 1 amide bonds. The molecule has 4 heteroatoms. The molecule has 0 atom stereocenters. The normalized spacial score (nSPS) is 24.9. The molecule has 3 nitrogen and oxygen atoms in total. The summed E-state index contributed by atoms with van der Waals surface area (Å²) in [6, 6.07) is 0. The van der Waals surface area contributed by atoms with E-state index < -0.39 is 5.41 Å². The maximum atomic E-state index is 12.4. The first-order valence-corrected chi connectivity index (χ1v) is 6.56. The second-order valence-electron chi connectivity index (χ2n) is 5.27. The third-order valence-electron chi connectivity index (χ3n) is 4.16.